The molecule has 0 aliphatic rings. The minimum absolute atomic E-state index is 0.334. The SMILES string of the molecule is CNC(=O)Nc1cn2c(-c3ncc(C)cn3)cc(-c3cccnc3)cc2n1. The normalized spacial score (nSPS) is 10.7. The topological polar surface area (TPSA) is 97.1 Å². The molecule has 2 amide bonds. The lowest BCUT2D eigenvalue weighted by molar-refractivity contribution is 0.254. The molecule has 0 fully saturated rings. The van der Waals surface area contributed by atoms with E-state index < -0.39 is 0 Å². The van der Waals surface area contributed by atoms with Gasteiger partial charge in [-0.1, -0.05) is 6.07 Å². The van der Waals surface area contributed by atoms with Gasteiger partial charge in [0.15, 0.2) is 11.6 Å². The minimum atomic E-state index is -0.334. The van der Waals surface area contributed by atoms with Crippen molar-refractivity contribution in [3.05, 3.63) is 60.8 Å². The molecule has 0 spiro atoms. The van der Waals surface area contributed by atoms with Gasteiger partial charge < -0.3 is 5.32 Å². The number of carbonyl (C=O) groups excluding carboxylic acids is 1. The van der Waals surface area contributed by atoms with E-state index in [1.165, 1.54) is 0 Å². The summed E-state index contributed by atoms with van der Waals surface area (Å²) in [6.07, 6.45) is 8.80. The highest BCUT2D eigenvalue weighted by molar-refractivity contribution is 5.88. The van der Waals surface area contributed by atoms with Crippen molar-refractivity contribution in [2.75, 3.05) is 12.4 Å². The summed E-state index contributed by atoms with van der Waals surface area (Å²) in [6, 6.07) is 7.44. The number of aromatic nitrogens is 5. The molecular formula is C19H17N7O. The number of fused-ring (bicyclic) bond motifs is 1. The van der Waals surface area contributed by atoms with E-state index in [-0.39, 0.29) is 6.03 Å². The number of rotatable bonds is 3. The number of pyridine rings is 2. The third-order valence-corrected chi connectivity index (χ3v) is 4.04. The summed E-state index contributed by atoms with van der Waals surface area (Å²) in [5.74, 6) is 1.01. The molecule has 8 nitrogen and oxygen atoms in total. The van der Waals surface area contributed by atoms with Gasteiger partial charge in [0.1, 0.15) is 5.65 Å². The standard InChI is InChI=1S/C19H17N7O/c1-12-8-22-18(23-9-12)15-6-14(13-4-3-5-21-10-13)7-17-24-16(11-26(15)17)25-19(27)20-2/h3-11H,1-2H3,(H2,20,25,27). The Morgan fingerprint density at radius 2 is 1.93 bits per heavy atom. The van der Waals surface area contributed by atoms with Gasteiger partial charge in [-0.25, -0.2) is 19.7 Å². The first-order valence-electron chi connectivity index (χ1n) is 8.35. The average molecular weight is 359 g/mol. The highest BCUT2D eigenvalue weighted by Gasteiger charge is 2.13. The number of nitrogens with zero attached hydrogens (tertiary/aromatic N) is 5. The molecule has 27 heavy (non-hydrogen) atoms. The molecule has 0 radical (unpaired) electrons. The van der Waals surface area contributed by atoms with Gasteiger partial charge in [0.2, 0.25) is 0 Å². The van der Waals surface area contributed by atoms with Crippen molar-refractivity contribution in [1.29, 1.82) is 0 Å². The third kappa shape index (κ3) is 3.32. The number of amides is 2. The number of carbonyl (C=O) groups is 1. The van der Waals surface area contributed by atoms with E-state index in [1.807, 2.05) is 35.6 Å². The minimum Gasteiger partial charge on any atom is -0.341 e. The zero-order valence-electron chi connectivity index (χ0n) is 14.8. The molecule has 4 heterocycles. The Morgan fingerprint density at radius 3 is 2.63 bits per heavy atom. The Morgan fingerprint density at radius 1 is 1.11 bits per heavy atom. The largest absolute Gasteiger partial charge is 0.341 e. The molecule has 2 N–H and O–H groups in total. The van der Waals surface area contributed by atoms with E-state index in [9.17, 15) is 4.79 Å². The van der Waals surface area contributed by atoms with Gasteiger partial charge >= 0.3 is 6.03 Å². The summed E-state index contributed by atoms with van der Waals surface area (Å²) in [7, 11) is 1.55. The summed E-state index contributed by atoms with van der Waals surface area (Å²) in [5.41, 5.74) is 4.31. The van der Waals surface area contributed by atoms with E-state index in [4.69, 9.17) is 0 Å². The number of hydrogen-bond donors (Lipinski definition) is 2. The van der Waals surface area contributed by atoms with E-state index in [0.29, 0.717) is 17.3 Å². The summed E-state index contributed by atoms with van der Waals surface area (Å²) in [4.78, 5) is 29.2. The van der Waals surface area contributed by atoms with E-state index in [2.05, 4.69) is 30.6 Å². The lowest BCUT2D eigenvalue weighted by Crippen LogP contribution is -2.24. The third-order valence-electron chi connectivity index (χ3n) is 4.04. The van der Waals surface area contributed by atoms with Crippen LogP contribution in [-0.2, 0) is 0 Å². The first kappa shape index (κ1) is 16.6. The van der Waals surface area contributed by atoms with Crippen LogP contribution in [0, 0.1) is 6.92 Å². The van der Waals surface area contributed by atoms with Crippen molar-refractivity contribution < 1.29 is 4.79 Å². The quantitative estimate of drug-likeness (QED) is 0.586. The Balaban J connectivity index is 1.91. The summed E-state index contributed by atoms with van der Waals surface area (Å²) in [5, 5.41) is 5.21. The predicted octanol–water partition coefficient (Wildman–Crippen LogP) is 2.91. The summed E-state index contributed by atoms with van der Waals surface area (Å²) in [6.45, 7) is 1.94. The van der Waals surface area contributed by atoms with E-state index >= 15 is 0 Å². The fourth-order valence-corrected chi connectivity index (χ4v) is 2.72. The second-order valence-electron chi connectivity index (χ2n) is 6.01. The van der Waals surface area contributed by atoms with Crippen LogP contribution >= 0.6 is 0 Å². The van der Waals surface area contributed by atoms with Crippen LogP contribution in [0.4, 0.5) is 10.6 Å². The zero-order valence-corrected chi connectivity index (χ0v) is 14.8. The number of aryl methyl sites for hydroxylation is 1. The van der Waals surface area contributed by atoms with Crippen LogP contribution < -0.4 is 10.6 Å². The van der Waals surface area contributed by atoms with Crippen molar-refractivity contribution in [3.8, 4) is 22.6 Å². The van der Waals surface area contributed by atoms with Gasteiger partial charge in [-0.15, -0.1) is 0 Å². The summed E-state index contributed by atoms with van der Waals surface area (Å²) < 4.78 is 1.86. The first-order valence-corrected chi connectivity index (χ1v) is 8.35. The van der Waals surface area contributed by atoms with Gasteiger partial charge in [-0.3, -0.25) is 14.7 Å². The number of hydrogen-bond acceptors (Lipinski definition) is 5. The molecule has 0 aromatic carbocycles. The maximum Gasteiger partial charge on any atom is 0.320 e. The average Bonchev–Trinajstić information content (AvgIpc) is 3.10. The maximum atomic E-state index is 11.6. The monoisotopic (exact) mass is 359 g/mol. The number of nitrogens with one attached hydrogen (secondary N) is 2. The molecule has 0 unspecified atom stereocenters. The van der Waals surface area contributed by atoms with Crippen LogP contribution in [0.5, 0.6) is 0 Å². The van der Waals surface area contributed by atoms with Crippen molar-refractivity contribution >= 4 is 17.5 Å². The van der Waals surface area contributed by atoms with Gasteiger partial charge in [0.05, 0.1) is 11.9 Å². The number of urea groups is 1. The maximum absolute atomic E-state index is 11.6. The van der Waals surface area contributed by atoms with Crippen LogP contribution in [0.1, 0.15) is 5.56 Å². The molecule has 4 rings (SSSR count). The van der Waals surface area contributed by atoms with Crippen LogP contribution in [0.2, 0.25) is 0 Å². The van der Waals surface area contributed by atoms with E-state index in [1.54, 1.807) is 38.0 Å². The van der Waals surface area contributed by atoms with Gasteiger partial charge in [0, 0.05) is 37.4 Å². The van der Waals surface area contributed by atoms with E-state index in [0.717, 1.165) is 22.4 Å². The highest BCUT2D eigenvalue weighted by atomic mass is 16.2. The molecule has 4 aromatic rings. The molecule has 4 aromatic heterocycles. The smallest absolute Gasteiger partial charge is 0.320 e. The molecule has 0 saturated carbocycles. The van der Waals surface area contributed by atoms with Crippen LogP contribution in [-0.4, -0.2) is 37.4 Å². The fraction of sp³-hybridized carbons (Fsp3) is 0.105. The second kappa shape index (κ2) is 6.83. The molecule has 0 atom stereocenters. The Bertz CT molecular complexity index is 1100. The lowest BCUT2D eigenvalue weighted by atomic mass is 10.1. The highest BCUT2D eigenvalue weighted by Crippen LogP contribution is 2.27. The molecular weight excluding hydrogens is 342 g/mol. The zero-order chi connectivity index (χ0) is 18.8. The molecule has 0 aliphatic carbocycles. The molecule has 0 saturated heterocycles. The second-order valence-corrected chi connectivity index (χ2v) is 6.01. The van der Waals surface area contributed by atoms with Gasteiger partial charge in [-0.2, -0.15) is 0 Å². The fourth-order valence-electron chi connectivity index (χ4n) is 2.72. The Hall–Kier alpha value is -3.81. The van der Waals surface area contributed by atoms with Crippen molar-refractivity contribution in [1.82, 2.24) is 29.7 Å². The van der Waals surface area contributed by atoms with Crippen LogP contribution in [0.15, 0.2) is 55.2 Å². The van der Waals surface area contributed by atoms with Crippen molar-refractivity contribution in [2.45, 2.75) is 6.92 Å². The van der Waals surface area contributed by atoms with Gasteiger partial charge in [0.25, 0.3) is 0 Å². The van der Waals surface area contributed by atoms with Crippen molar-refractivity contribution in [2.24, 2.45) is 0 Å². The number of imidazole rings is 1. The lowest BCUT2D eigenvalue weighted by Gasteiger charge is -2.08. The summed E-state index contributed by atoms with van der Waals surface area (Å²) >= 11 is 0. The van der Waals surface area contributed by atoms with Gasteiger partial charge in [-0.05, 0) is 36.2 Å². The number of anilines is 1. The molecule has 0 aliphatic heterocycles. The molecule has 0 bridgehead atoms. The van der Waals surface area contributed by atoms with Crippen molar-refractivity contribution in [3.63, 3.8) is 0 Å². The predicted molar refractivity (Wildman–Crippen MR) is 102 cm³/mol. The Labute approximate surface area is 155 Å². The van der Waals surface area contributed by atoms with Crippen LogP contribution in [0.25, 0.3) is 28.3 Å². The Kier molecular flexibility index (Phi) is 4.21. The molecule has 8 heteroatoms. The molecule has 134 valence electrons. The van der Waals surface area contributed by atoms with Crippen LogP contribution in [0.3, 0.4) is 0 Å². The first-order chi connectivity index (χ1) is 13.1.